The van der Waals surface area contributed by atoms with Crippen LogP contribution in [-0.4, -0.2) is 27.2 Å². The molecule has 3 aromatic heterocycles. The van der Waals surface area contributed by atoms with E-state index in [2.05, 4.69) is 4.98 Å². The van der Waals surface area contributed by atoms with Crippen molar-refractivity contribution in [1.82, 2.24) is 14.1 Å². The Balaban J connectivity index is 1.61. The summed E-state index contributed by atoms with van der Waals surface area (Å²) in [5.41, 5.74) is 8.30. The van der Waals surface area contributed by atoms with Crippen LogP contribution < -0.4 is 27.7 Å². The van der Waals surface area contributed by atoms with Gasteiger partial charge in [0.25, 0.3) is 5.56 Å². The van der Waals surface area contributed by atoms with Gasteiger partial charge < -0.3 is 16.5 Å². The summed E-state index contributed by atoms with van der Waals surface area (Å²) < 4.78 is 17.0. The van der Waals surface area contributed by atoms with E-state index in [1.165, 1.54) is 4.40 Å². The smallest absolute Gasteiger partial charge is 0.354 e. The summed E-state index contributed by atoms with van der Waals surface area (Å²) >= 11 is 0. The van der Waals surface area contributed by atoms with Crippen molar-refractivity contribution in [2.45, 2.75) is 44.6 Å². The maximum atomic E-state index is 15.3. The molecule has 1 unspecified atom stereocenters. The van der Waals surface area contributed by atoms with Gasteiger partial charge in [0.05, 0.1) is 23.1 Å². The molecule has 1 saturated carbocycles. The summed E-state index contributed by atoms with van der Waals surface area (Å²) in [6, 6.07) is 5.82. The summed E-state index contributed by atoms with van der Waals surface area (Å²) in [5, 5.41) is 0. The Morgan fingerprint density at radius 2 is 1.97 bits per heavy atom. The highest BCUT2D eigenvalue weighted by Crippen LogP contribution is 2.42. The number of hydrogen-bond acceptors (Lipinski definition) is 6. The maximum absolute atomic E-state index is 15.3. The number of nitrogens with zero attached hydrogens (tertiary/aromatic N) is 4. The zero-order chi connectivity index (χ0) is 21.9. The molecule has 1 aliphatic heterocycles. The minimum atomic E-state index is -0.736. The third-order valence-electron chi connectivity index (χ3n) is 6.48. The van der Waals surface area contributed by atoms with Gasteiger partial charge in [0.15, 0.2) is 5.82 Å². The summed E-state index contributed by atoms with van der Waals surface area (Å²) in [6.07, 6.45) is 3.72. The van der Waals surface area contributed by atoms with Crippen LogP contribution in [0.5, 0.6) is 0 Å². The normalized spacial score (nSPS) is 18.8. The van der Waals surface area contributed by atoms with E-state index in [0.29, 0.717) is 46.6 Å². The molecule has 5 rings (SSSR count). The third-order valence-corrected chi connectivity index (χ3v) is 6.48. The summed E-state index contributed by atoms with van der Waals surface area (Å²) in [7, 11) is 0. The van der Waals surface area contributed by atoms with Gasteiger partial charge in [0.1, 0.15) is 0 Å². The number of halogens is 1. The molecule has 2 aliphatic rings. The minimum absolute atomic E-state index is 0.0597. The van der Waals surface area contributed by atoms with Crippen molar-refractivity contribution in [3.63, 3.8) is 0 Å². The molecule has 3 aromatic rings. The zero-order valence-electron chi connectivity index (χ0n) is 17.3. The first-order chi connectivity index (χ1) is 14.9. The Morgan fingerprint density at radius 1 is 1.19 bits per heavy atom. The monoisotopic (exact) mass is 424 g/mol. The number of anilines is 1. The first kappa shape index (κ1) is 19.7. The summed E-state index contributed by atoms with van der Waals surface area (Å²) in [4.78, 5) is 31.9. The lowest BCUT2D eigenvalue weighted by atomic mass is 10.0. The summed E-state index contributed by atoms with van der Waals surface area (Å²) in [5.74, 6) is 5.42. The zero-order valence-corrected chi connectivity index (χ0v) is 17.3. The molecule has 0 aromatic carbocycles. The SMILES string of the molecule is Cc1c(N2CCC(c3cccc(CN)n3)C2)c(F)cn2c(=O)n(N)c(=O)c(C3CC3)c12. The molecule has 2 fully saturated rings. The van der Waals surface area contributed by atoms with Crippen molar-refractivity contribution in [3.05, 3.63) is 73.6 Å². The molecule has 8 nitrogen and oxygen atoms in total. The lowest BCUT2D eigenvalue weighted by Crippen LogP contribution is -2.44. The Labute approximate surface area is 177 Å². The number of nitrogen functional groups attached to an aromatic ring is 1. The van der Waals surface area contributed by atoms with Gasteiger partial charge in [-0.25, -0.2) is 9.18 Å². The molecule has 0 spiro atoms. The number of aromatic nitrogens is 3. The molecule has 31 heavy (non-hydrogen) atoms. The molecule has 0 amide bonds. The number of fused-ring (bicyclic) bond motifs is 1. The molecule has 162 valence electrons. The second-order valence-electron chi connectivity index (χ2n) is 8.50. The average molecular weight is 424 g/mol. The molecular weight excluding hydrogens is 399 g/mol. The first-order valence-electron chi connectivity index (χ1n) is 10.6. The predicted molar refractivity (Wildman–Crippen MR) is 116 cm³/mol. The van der Waals surface area contributed by atoms with Crippen LogP contribution in [0.15, 0.2) is 34.0 Å². The van der Waals surface area contributed by atoms with Crippen molar-refractivity contribution in [2.24, 2.45) is 5.73 Å². The van der Waals surface area contributed by atoms with Gasteiger partial charge in [0.2, 0.25) is 0 Å². The van der Waals surface area contributed by atoms with Crippen LogP contribution in [0, 0.1) is 12.7 Å². The van der Waals surface area contributed by atoms with E-state index in [-0.39, 0.29) is 11.8 Å². The molecule has 9 heteroatoms. The van der Waals surface area contributed by atoms with Gasteiger partial charge >= 0.3 is 5.69 Å². The van der Waals surface area contributed by atoms with Gasteiger partial charge in [0, 0.05) is 42.4 Å². The molecule has 4 N–H and O–H groups in total. The Hall–Kier alpha value is -3.20. The highest BCUT2D eigenvalue weighted by atomic mass is 19.1. The van der Waals surface area contributed by atoms with E-state index < -0.39 is 17.1 Å². The molecule has 1 atom stereocenters. The van der Waals surface area contributed by atoms with Crippen LogP contribution >= 0.6 is 0 Å². The fourth-order valence-corrected chi connectivity index (χ4v) is 4.80. The Kier molecular flexibility index (Phi) is 4.58. The average Bonchev–Trinajstić information content (AvgIpc) is 3.49. The second-order valence-corrected chi connectivity index (χ2v) is 8.50. The Bertz CT molecular complexity index is 1310. The standard InChI is InChI=1S/C22H25FN6O2/c1-12-19(27-8-7-14(10-27)17-4-2-3-15(9-24)26-17)16(23)11-28-20(12)18(13-5-6-13)21(30)29(25)22(28)31/h2-4,11,13-14H,5-10,24-25H2,1H3. The molecule has 1 aliphatic carbocycles. The van der Waals surface area contributed by atoms with Crippen LogP contribution in [0.4, 0.5) is 10.1 Å². The largest absolute Gasteiger partial charge is 0.368 e. The van der Waals surface area contributed by atoms with Crippen LogP contribution in [0.3, 0.4) is 0 Å². The molecule has 0 bridgehead atoms. The molecule has 1 saturated heterocycles. The fraction of sp³-hybridized carbons (Fsp3) is 0.409. The van der Waals surface area contributed by atoms with E-state index in [1.807, 2.05) is 23.1 Å². The van der Waals surface area contributed by atoms with Crippen molar-refractivity contribution in [1.29, 1.82) is 0 Å². The van der Waals surface area contributed by atoms with Crippen molar-refractivity contribution in [2.75, 3.05) is 23.8 Å². The number of hydrogen-bond donors (Lipinski definition) is 2. The maximum Gasteiger partial charge on any atom is 0.354 e. The number of nitrogens with two attached hydrogens (primary N) is 2. The number of rotatable bonds is 4. The third kappa shape index (κ3) is 3.11. The van der Waals surface area contributed by atoms with Crippen LogP contribution in [0.2, 0.25) is 0 Å². The number of pyridine rings is 2. The van der Waals surface area contributed by atoms with Crippen molar-refractivity contribution >= 4 is 11.2 Å². The molecule has 0 radical (unpaired) electrons. The van der Waals surface area contributed by atoms with Gasteiger partial charge in [-0.15, -0.1) is 0 Å². The molecule has 4 heterocycles. The van der Waals surface area contributed by atoms with Gasteiger partial charge in [-0.1, -0.05) is 6.07 Å². The molecular formula is C22H25FN6O2. The first-order valence-corrected chi connectivity index (χ1v) is 10.6. The minimum Gasteiger partial charge on any atom is -0.368 e. The lowest BCUT2D eigenvalue weighted by molar-refractivity contribution is 0.607. The van der Waals surface area contributed by atoms with E-state index in [9.17, 15) is 9.59 Å². The van der Waals surface area contributed by atoms with Gasteiger partial charge in [-0.3, -0.25) is 14.2 Å². The highest BCUT2D eigenvalue weighted by molar-refractivity contribution is 5.72. The van der Waals surface area contributed by atoms with E-state index in [0.717, 1.165) is 36.8 Å². The van der Waals surface area contributed by atoms with Crippen LogP contribution in [-0.2, 0) is 6.54 Å². The van der Waals surface area contributed by atoms with Crippen LogP contribution in [0.25, 0.3) is 5.52 Å². The van der Waals surface area contributed by atoms with Crippen molar-refractivity contribution in [3.8, 4) is 0 Å². The lowest BCUT2D eigenvalue weighted by Gasteiger charge is -2.24. The van der Waals surface area contributed by atoms with Crippen molar-refractivity contribution < 1.29 is 4.39 Å². The summed E-state index contributed by atoms with van der Waals surface area (Å²) in [6.45, 7) is 3.41. The van der Waals surface area contributed by atoms with E-state index in [1.54, 1.807) is 6.92 Å². The van der Waals surface area contributed by atoms with E-state index >= 15 is 4.39 Å². The highest BCUT2D eigenvalue weighted by Gasteiger charge is 2.34. The fourth-order valence-electron chi connectivity index (χ4n) is 4.80. The van der Waals surface area contributed by atoms with E-state index in [4.69, 9.17) is 11.6 Å². The second kappa shape index (κ2) is 7.19. The topological polar surface area (TPSA) is 112 Å². The van der Waals surface area contributed by atoms with Gasteiger partial charge in [-0.2, -0.15) is 4.68 Å². The Morgan fingerprint density at radius 3 is 2.68 bits per heavy atom. The van der Waals surface area contributed by atoms with Gasteiger partial charge in [-0.05, 0) is 44.2 Å². The quantitative estimate of drug-likeness (QED) is 0.612. The predicted octanol–water partition coefficient (Wildman–Crippen LogP) is 1.35. The van der Waals surface area contributed by atoms with Crippen LogP contribution in [0.1, 0.15) is 53.6 Å². The number of aryl methyl sites for hydroxylation is 1.